The number of pyridine rings is 1. The van der Waals surface area contributed by atoms with E-state index in [0.717, 1.165) is 36.7 Å². The molecule has 0 aromatic carbocycles. The largest absolute Gasteiger partial charge is 0.389 e. The fourth-order valence-corrected chi connectivity index (χ4v) is 2.18. The summed E-state index contributed by atoms with van der Waals surface area (Å²) >= 11 is 5.07. The zero-order valence-corrected chi connectivity index (χ0v) is 13.0. The van der Waals surface area contributed by atoms with Crippen LogP contribution >= 0.6 is 12.2 Å². The van der Waals surface area contributed by atoms with Gasteiger partial charge < -0.3 is 16.0 Å². The number of hydrogen-bond donors (Lipinski definition) is 2. The molecule has 1 atom stereocenters. The highest BCUT2D eigenvalue weighted by molar-refractivity contribution is 7.80. The average molecular weight is 280 g/mol. The predicted molar refractivity (Wildman–Crippen MR) is 85.7 cm³/mol. The van der Waals surface area contributed by atoms with Gasteiger partial charge in [-0.3, -0.25) is 0 Å². The first-order chi connectivity index (χ1) is 8.97. The Morgan fingerprint density at radius 2 is 2.05 bits per heavy atom. The Balaban J connectivity index is 2.80. The summed E-state index contributed by atoms with van der Waals surface area (Å²) in [5.41, 5.74) is 7.50. The van der Waals surface area contributed by atoms with Crippen molar-refractivity contribution in [2.45, 2.75) is 33.7 Å². The lowest BCUT2D eigenvalue weighted by Crippen LogP contribution is -2.35. The third kappa shape index (κ3) is 4.76. The van der Waals surface area contributed by atoms with E-state index >= 15 is 0 Å². The normalized spacial score (nSPS) is 12.5. The van der Waals surface area contributed by atoms with Crippen LogP contribution in [0, 0.1) is 6.92 Å². The van der Waals surface area contributed by atoms with E-state index in [1.165, 1.54) is 0 Å². The van der Waals surface area contributed by atoms with Crippen LogP contribution in [0.1, 0.15) is 32.0 Å². The number of rotatable bonds is 7. The molecule has 3 N–H and O–H groups in total. The van der Waals surface area contributed by atoms with Crippen molar-refractivity contribution in [1.29, 1.82) is 0 Å². The molecule has 0 saturated heterocycles. The Labute approximate surface area is 121 Å². The minimum absolute atomic E-state index is 0.294. The van der Waals surface area contributed by atoms with Gasteiger partial charge in [0.25, 0.3) is 0 Å². The van der Waals surface area contributed by atoms with Crippen molar-refractivity contribution in [1.82, 2.24) is 9.88 Å². The second-order valence-corrected chi connectivity index (χ2v) is 5.18. The molecule has 0 saturated carbocycles. The summed E-state index contributed by atoms with van der Waals surface area (Å²) in [4.78, 5) is 7.24. The van der Waals surface area contributed by atoms with Gasteiger partial charge in [0.1, 0.15) is 10.8 Å². The van der Waals surface area contributed by atoms with Crippen LogP contribution in [0.2, 0.25) is 0 Å². The fourth-order valence-electron chi connectivity index (χ4n) is 2.01. The number of likely N-dealkylation sites (N-methyl/N-ethyl adjacent to an activating group) is 1. The van der Waals surface area contributed by atoms with Crippen LogP contribution in [-0.4, -0.2) is 40.5 Å². The number of nitrogens with two attached hydrogens (primary N) is 1. The zero-order valence-electron chi connectivity index (χ0n) is 12.2. The van der Waals surface area contributed by atoms with E-state index in [4.69, 9.17) is 18.0 Å². The van der Waals surface area contributed by atoms with Gasteiger partial charge in [0.2, 0.25) is 0 Å². The number of aryl methyl sites for hydroxylation is 1. The molecule has 0 aliphatic heterocycles. The van der Waals surface area contributed by atoms with E-state index in [0.29, 0.717) is 11.0 Å². The molecule has 5 heteroatoms. The van der Waals surface area contributed by atoms with E-state index in [-0.39, 0.29) is 0 Å². The Kier molecular flexibility index (Phi) is 6.18. The van der Waals surface area contributed by atoms with Gasteiger partial charge in [-0.2, -0.15) is 0 Å². The van der Waals surface area contributed by atoms with Crippen molar-refractivity contribution in [3.8, 4) is 0 Å². The van der Waals surface area contributed by atoms with Crippen LogP contribution in [0.5, 0.6) is 0 Å². The van der Waals surface area contributed by atoms with Crippen LogP contribution in [0.3, 0.4) is 0 Å². The molecule has 1 heterocycles. The molecule has 0 aliphatic carbocycles. The highest BCUT2D eigenvalue weighted by Crippen LogP contribution is 2.14. The molecule has 0 bridgehead atoms. The summed E-state index contributed by atoms with van der Waals surface area (Å²) in [6.45, 7) is 11.5. The number of anilines is 1. The Morgan fingerprint density at radius 1 is 1.42 bits per heavy atom. The summed E-state index contributed by atoms with van der Waals surface area (Å²) < 4.78 is 0. The van der Waals surface area contributed by atoms with Gasteiger partial charge in [-0.15, -0.1) is 0 Å². The van der Waals surface area contributed by atoms with E-state index in [1.54, 1.807) is 0 Å². The first kappa shape index (κ1) is 15.9. The van der Waals surface area contributed by atoms with E-state index in [1.807, 2.05) is 19.1 Å². The number of nitrogens with one attached hydrogen (secondary N) is 1. The molecular weight excluding hydrogens is 256 g/mol. The molecular formula is C14H24N4S. The maximum atomic E-state index is 5.73. The summed E-state index contributed by atoms with van der Waals surface area (Å²) in [7, 11) is 0. The fraction of sp³-hybridized carbons (Fsp3) is 0.571. The maximum absolute atomic E-state index is 5.73. The van der Waals surface area contributed by atoms with Crippen molar-refractivity contribution < 1.29 is 0 Å². The first-order valence-corrected chi connectivity index (χ1v) is 7.15. The van der Waals surface area contributed by atoms with Crippen LogP contribution in [0.4, 0.5) is 5.82 Å². The number of nitrogens with zero attached hydrogens (tertiary/aromatic N) is 2. The molecule has 0 spiro atoms. The molecule has 4 nitrogen and oxygen atoms in total. The summed E-state index contributed by atoms with van der Waals surface area (Å²) in [5, 5.41) is 3.41. The Bertz CT molecular complexity index is 429. The number of thiocarbonyl (C=S) groups is 1. The van der Waals surface area contributed by atoms with Gasteiger partial charge in [0.15, 0.2) is 0 Å². The van der Waals surface area contributed by atoms with Crippen molar-refractivity contribution in [2.24, 2.45) is 5.73 Å². The lowest BCUT2D eigenvalue weighted by atomic mass is 10.2. The third-order valence-corrected chi connectivity index (χ3v) is 3.33. The number of aromatic nitrogens is 1. The summed E-state index contributed by atoms with van der Waals surface area (Å²) in [6.07, 6.45) is 0. The average Bonchev–Trinajstić information content (AvgIpc) is 2.35. The quantitative estimate of drug-likeness (QED) is 0.750. The molecule has 0 amide bonds. The van der Waals surface area contributed by atoms with Crippen LogP contribution in [-0.2, 0) is 0 Å². The smallest absolute Gasteiger partial charge is 0.136 e. The SMILES string of the molecule is CCN(CC)CC(C)Nc1nc(C)ccc1C(N)=S. The molecule has 1 aromatic heterocycles. The third-order valence-electron chi connectivity index (χ3n) is 3.11. The monoisotopic (exact) mass is 280 g/mol. The highest BCUT2D eigenvalue weighted by atomic mass is 32.1. The molecule has 0 radical (unpaired) electrons. The van der Waals surface area contributed by atoms with Gasteiger partial charge in [-0.05, 0) is 39.1 Å². The second-order valence-electron chi connectivity index (χ2n) is 4.74. The standard InChI is InChI=1S/C14H24N4S/c1-5-18(6-2)9-11(4)17-14-12(13(15)19)8-7-10(3)16-14/h7-8,11H,5-6,9H2,1-4H3,(H2,15,19)(H,16,17). The Morgan fingerprint density at radius 3 is 2.58 bits per heavy atom. The van der Waals surface area contributed by atoms with Gasteiger partial charge in [0, 0.05) is 18.3 Å². The van der Waals surface area contributed by atoms with Crippen molar-refractivity contribution in [3.05, 3.63) is 23.4 Å². The highest BCUT2D eigenvalue weighted by Gasteiger charge is 2.12. The number of hydrogen-bond acceptors (Lipinski definition) is 4. The maximum Gasteiger partial charge on any atom is 0.136 e. The minimum Gasteiger partial charge on any atom is -0.389 e. The van der Waals surface area contributed by atoms with Gasteiger partial charge in [-0.25, -0.2) is 4.98 Å². The lowest BCUT2D eigenvalue weighted by molar-refractivity contribution is 0.294. The van der Waals surface area contributed by atoms with Gasteiger partial charge in [-0.1, -0.05) is 26.1 Å². The summed E-state index contributed by atoms with van der Waals surface area (Å²) in [6, 6.07) is 4.15. The van der Waals surface area contributed by atoms with E-state index < -0.39 is 0 Å². The molecule has 1 aromatic rings. The van der Waals surface area contributed by atoms with Crippen molar-refractivity contribution in [2.75, 3.05) is 25.0 Å². The molecule has 19 heavy (non-hydrogen) atoms. The molecule has 1 rings (SSSR count). The first-order valence-electron chi connectivity index (χ1n) is 6.74. The van der Waals surface area contributed by atoms with Crippen LogP contribution in [0.25, 0.3) is 0 Å². The zero-order chi connectivity index (χ0) is 14.4. The van der Waals surface area contributed by atoms with Crippen LogP contribution < -0.4 is 11.1 Å². The van der Waals surface area contributed by atoms with E-state index in [2.05, 4.69) is 36.0 Å². The van der Waals surface area contributed by atoms with Gasteiger partial charge >= 0.3 is 0 Å². The lowest BCUT2D eigenvalue weighted by Gasteiger charge is -2.24. The second kappa shape index (κ2) is 7.40. The van der Waals surface area contributed by atoms with Crippen LogP contribution in [0.15, 0.2) is 12.1 Å². The minimum atomic E-state index is 0.294. The topological polar surface area (TPSA) is 54.2 Å². The molecule has 0 aliphatic rings. The molecule has 106 valence electrons. The van der Waals surface area contributed by atoms with E-state index in [9.17, 15) is 0 Å². The molecule has 1 unspecified atom stereocenters. The van der Waals surface area contributed by atoms with Crippen molar-refractivity contribution in [3.63, 3.8) is 0 Å². The van der Waals surface area contributed by atoms with Crippen molar-refractivity contribution >= 4 is 23.0 Å². The Hall–Kier alpha value is -1.20. The van der Waals surface area contributed by atoms with Gasteiger partial charge in [0.05, 0.1) is 5.56 Å². The molecule has 0 fully saturated rings. The predicted octanol–water partition coefficient (Wildman–Crippen LogP) is 2.17. The summed E-state index contributed by atoms with van der Waals surface area (Å²) in [5.74, 6) is 0.784.